The maximum atomic E-state index is 12.3. The fourth-order valence-electron chi connectivity index (χ4n) is 4.91. The molecule has 0 aliphatic carbocycles. The van der Waals surface area contributed by atoms with Gasteiger partial charge in [0, 0.05) is 43.8 Å². The van der Waals surface area contributed by atoms with Crippen molar-refractivity contribution >= 4 is 47.8 Å². The summed E-state index contributed by atoms with van der Waals surface area (Å²) in [5, 5.41) is 14.1. The van der Waals surface area contributed by atoms with E-state index in [0.717, 1.165) is 34.8 Å². The molecule has 1 fully saturated rings. The molecule has 204 valence electrons. The molecular weight excluding hydrogens is 537 g/mol. The summed E-state index contributed by atoms with van der Waals surface area (Å²) in [6, 6.07) is 5.51. The molecule has 1 aromatic carbocycles. The summed E-state index contributed by atoms with van der Waals surface area (Å²) in [6.45, 7) is 9.37. The summed E-state index contributed by atoms with van der Waals surface area (Å²) in [5.74, 6) is 1.53. The molecule has 1 unspecified atom stereocenters. The van der Waals surface area contributed by atoms with Gasteiger partial charge < -0.3 is 14.9 Å². The summed E-state index contributed by atoms with van der Waals surface area (Å²) < 4.78 is 26.2. The number of sulfonamides is 1. The van der Waals surface area contributed by atoms with Gasteiger partial charge in [-0.15, -0.1) is 20.6 Å². The first-order valence-electron chi connectivity index (χ1n) is 12.8. The quantitative estimate of drug-likeness (QED) is 0.350. The molecule has 2 aliphatic rings. The number of hydrogen-bond donors (Lipinski definition) is 1. The first kappa shape index (κ1) is 28.5. The zero-order valence-corrected chi connectivity index (χ0v) is 25.0. The van der Waals surface area contributed by atoms with E-state index < -0.39 is 10.0 Å². The topological polar surface area (TPSA) is 89.3 Å². The molecule has 1 N–H and O–H groups in total. The van der Waals surface area contributed by atoms with Gasteiger partial charge in [-0.05, 0) is 61.8 Å². The predicted molar refractivity (Wildman–Crippen MR) is 162 cm³/mol. The highest BCUT2D eigenvalue weighted by molar-refractivity contribution is 7.89. The maximum absolute atomic E-state index is 12.3. The highest BCUT2D eigenvalue weighted by Gasteiger charge is 2.29. The number of rotatable bonds is 9. The van der Waals surface area contributed by atoms with Crippen molar-refractivity contribution in [2.24, 2.45) is 10.9 Å². The Bertz CT molecular complexity index is 1370. The van der Waals surface area contributed by atoms with Crippen LogP contribution in [0.5, 0.6) is 5.75 Å². The SMILES string of the molecule is C=N/C(CC)=C(\N1C=C(C2CCN(S(=O)(=O)CC)CC2)C=CC1)N(C)c1nc(-c2ccc(P)cc2O)cs1. The molecule has 0 amide bonds. The highest BCUT2D eigenvalue weighted by atomic mass is 32.2. The van der Waals surface area contributed by atoms with Crippen molar-refractivity contribution in [2.45, 2.75) is 33.1 Å². The van der Waals surface area contributed by atoms with Crippen molar-refractivity contribution in [1.29, 1.82) is 0 Å². The van der Waals surface area contributed by atoms with Gasteiger partial charge in [-0.3, -0.25) is 4.99 Å². The molecule has 3 heterocycles. The monoisotopic (exact) mass is 573 g/mol. The van der Waals surface area contributed by atoms with Crippen LogP contribution in [0.2, 0.25) is 0 Å². The normalized spacial score (nSPS) is 17.8. The lowest BCUT2D eigenvalue weighted by Crippen LogP contribution is -2.40. The fourth-order valence-corrected chi connectivity index (χ4v) is 7.09. The zero-order valence-electron chi connectivity index (χ0n) is 22.2. The second-order valence-corrected chi connectivity index (χ2v) is 13.2. The fraction of sp³-hybridized carbons (Fsp3) is 0.407. The number of phenols is 1. The van der Waals surface area contributed by atoms with Gasteiger partial charge in [-0.25, -0.2) is 17.7 Å². The molecule has 1 saturated heterocycles. The van der Waals surface area contributed by atoms with Gasteiger partial charge >= 0.3 is 0 Å². The number of aromatic nitrogens is 1. The number of phenolic OH excluding ortho intramolecular Hbond substituents is 1. The van der Waals surface area contributed by atoms with Crippen LogP contribution in [0.4, 0.5) is 5.13 Å². The molecule has 8 nitrogen and oxygen atoms in total. The van der Waals surface area contributed by atoms with Crippen molar-refractivity contribution in [1.82, 2.24) is 14.2 Å². The Morgan fingerprint density at radius 2 is 2.05 bits per heavy atom. The van der Waals surface area contributed by atoms with Crippen LogP contribution in [-0.2, 0) is 10.0 Å². The van der Waals surface area contributed by atoms with Crippen LogP contribution in [0.1, 0.15) is 33.1 Å². The minimum Gasteiger partial charge on any atom is -0.507 e. The number of benzene rings is 1. The predicted octanol–water partition coefficient (Wildman–Crippen LogP) is 4.55. The first-order chi connectivity index (χ1) is 18.2. The summed E-state index contributed by atoms with van der Waals surface area (Å²) >= 11 is 1.50. The standard InChI is InChI=1S/C27H36N5O3PS2/c1-5-23(28-3)26(30(4)27-29-24(18-37-27)22-10-9-21(36)16-25(22)33)31-13-7-8-20(17-31)19-11-14-32(15-12-19)38(34,35)6-2/h7-10,16-19,33H,3,5-6,11-15,36H2,1-2,4H3/b26-23-. The van der Waals surface area contributed by atoms with E-state index in [-0.39, 0.29) is 11.5 Å². The number of nitrogens with zero attached hydrogens (tertiary/aromatic N) is 5. The largest absolute Gasteiger partial charge is 0.507 e. The molecule has 4 rings (SSSR count). The Hall–Kier alpha value is -2.52. The maximum Gasteiger partial charge on any atom is 0.213 e. The average molecular weight is 574 g/mol. The van der Waals surface area contributed by atoms with Gasteiger partial charge in [-0.2, -0.15) is 0 Å². The van der Waals surface area contributed by atoms with Crippen molar-refractivity contribution in [3.63, 3.8) is 0 Å². The van der Waals surface area contributed by atoms with E-state index in [1.165, 1.54) is 16.9 Å². The van der Waals surface area contributed by atoms with Crippen molar-refractivity contribution in [2.75, 3.05) is 37.3 Å². The lowest BCUT2D eigenvalue weighted by molar-refractivity contribution is 0.297. The highest BCUT2D eigenvalue weighted by Crippen LogP contribution is 2.36. The van der Waals surface area contributed by atoms with E-state index in [2.05, 4.69) is 51.1 Å². The van der Waals surface area contributed by atoms with Crippen LogP contribution in [0.25, 0.3) is 11.3 Å². The second-order valence-electron chi connectivity index (χ2n) is 9.39. The van der Waals surface area contributed by atoms with Crippen LogP contribution in [0.3, 0.4) is 0 Å². The Morgan fingerprint density at radius 3 is 2.68 bits per heavy atom. The van der Waals surface area contributed by atoms with E-state index >= 15 is 0 Å². The number of aliphatic imine (C=N–C) groups is 1. The average Bonchev–Trinajstić information content (AvgIpc) is 3.41. The lowest BCUT2D eigenvalue weighted by Gasteiger charge is -2.36. The molecule has 0 bridgehead atoms. The number of anilines is 1. The molecule has 1 aromatic heterocycles. The molecule has 1 atom stereocenters. The molecule has 2 aromatic rings. The van der Waals surface area contributed by atoms with Gasteiger partial charge in [0.15, 0.2) is 5.13 Å². The van der Waals surface area contributed by atoms with Crippen LogP contribution in [0, 0.1) is 5.92 Å². The molecule has 0 spiro atoms. The minimum absolute atomic E-state index is 0.143. The molecular formula is C27H36N5O3PS2. The Balaban J connectivity index is 1.60. The van der Waals surface area contributed by atoms with Crippen LogP contribution in [-0.4, -0.2) is 66.9 Å². The van der Waals surface area contributed by atoms with Gasteiger partial charge in [0.1, 0.15) is 11.6 Å². The van der Waals surface area contributed by atoms with Crippen molar-refractivity contribution in [3.05, 3.63) is 59.0 Å². The van der Waals surface area contributed by atoms with E-state index in [1.54, 1.807) is 17.3 Å². The third kappa shape index (κ3) is 6.04. The van der Waals surface area contributed by atoms with Crippen molar-refractivity contribution in [3.8, 4) is 17.0 Å². The smallest absolute Gasteiger partial charge is 0.213 e. The number of aromatic hydroxyl groups is 1. The molecule has 11 heteroatoms. The van der Waals surface area contributed by atoms with E-state index in [0.29, 0.717) is 43.2 Å². The lowest BCUT2D eigenvalue weighted by atomic mass is 9.89. The molecule has 0 saturated carbocycles. The summed E-state index contributed by atoms with van der Waals surface area (Å²) in [6.07, 6.45) is 8.77. The third-order valence-electron chi connectivity index (χ3n) is 7.05. The summed E-state index contributed by atoms with van der Waals surface area (Å²) in [7, 11) is 1.41. The molecule has 2 aliphatic heterocycles. The number of piperidine rings is 1. The van der Waals surface area contributed by atoms with Gasteiger partial charge in [0.05, 0.1) is 17.1 Å². The Kier molecular flexibility index (Phi) is 9.08. The third-order valence-corrected chi connectivity index (χ3v) is 10.2. The van der Waals surface area contributed by atoms with Crippen molar-refractivity contribution < 1.29 is 13.5 Å². The summed E-state index contributed by atoms with van der Waals surface area (Å²) in [4.78, 5) is 13.4. The Labute approximate surface area is 232 Å². The van der Waals surface area contributed by atoms with Crippen LogP contribution >= 0.6 is 20.6 Å². The Morgan fingerprint density at radius 1 is 1.32 bits per heavy atom. The van der Waals surface area contributed by atoms with E-state index in [1.807, 2.05) is 29.5 Å². The van der Waals surface area contributed by atoms with E-state index in [9.17, 15) is 13.5 Å². The molecule has 38 heavy (non-hydrogen) atoms. The van der Waals surface area contributed by atoms with E-state index in [4.69, 9.17) is 4.98 Å². The first-order valence-corrected chi connectivity index (χ1v) is 15.9. The minimum atomic E-state index is -3.15. The molecule has 0 radical (unpaired) electrons. The number of hydrogen-bond acceptors (Lipinski definition) is 8. The number of allylic oxidation sites excluding steroid dienone is 3. The van der Waals surface area contributed by atoms with Crippen LogP contribution in [0.15, 0.2) is 64.0 Å². The summed E-state index contributed by atoms with van der Waals surface area (Å²) in [5.41, 5.74) is 3.45. The second kappa shape index (κ2) is 12.1. The van der Waals surface area contributed by atoms with Crippen LogP contribution < -0.4 is 10.2 Å². The van der Waals surface area contributed by atoms with Gasteiger partial charge in [0.25, 0.3) is 0 Å². The number of thiazole rings is 1. The van der Waals surface area contributed by atoms with Gasteiger partial charge in [0.2, 0.25) is 10.0 Å². The zero-order chi connectivity index (χ0) is 27.4. The van der Waals surface area contributed by atoms with Gasteiger partial charge in [-0.1, -0.05) is 25.1 Å².